The molecule has 2 heterocycles. The van der Waals surface area contributed by atoms with Crippen LogP contribution in [-0.2, 0) is 0 Å². The van der Waals surface area contributed by atoms with Gasteiger partial charge in [0.05, 0.1) is 11.4 Å². The van der Waals surface area contributed by atoms with E-state index < -0.39 is 0 Å². The molecule has 0 radical (unpaired) electrons. The van der Waals surface area contributed by atoms with Crippen LogP contribution in [0.5, 0.6) is 0 Å². The maximum atomic E-state index is 2.51. The van der Waals surface area contributed by atoms with E-state index >= 15 is 0 Å². The second-order valence-electron chi connectivity index (χ2n) is 3.50. The zero-order chi connectivity index (χ0) is 8.23. The third kappa shape index (κ3) is 1.87. The number of thiophene rings is 1. The smallest absolute Gasteiger partial charge is 0.121 e. The predicted molar refractivity (Wildman–Crippen MR) is 52.3 cm³/mol. The third-order valence-corrected chi connectivity index (χ3v) is 3.58. The first-order valence-electron chi connectivity index (χ1n) is 4.83. The van der Waals surface area contributed by atoms with Crippen molar-refractivity contribution >= 4 is 11.3 Å². The minimum Gasteiger partial charge on any atom is -0.339 e. The normalized spacial score (nSPS) is 25.2. The van der Waals surface area contributed by atoms with E-state index in [2.05, 4.69) is 22.8 Å². The highest BCUT2D eigenvalue weighted by Gasteiger charge is 2.17. The molecule has 12 heavy (non-hydrogen) atoms. The van der Waals surface area contributed by atoms with Crippen molar-refractivity contribution in [2.45, 2.75) is 31.7 Å². The number of hydrogen-bond acceptors (Lipinski definition) is 1. The second kappa shape index (κ2) is 4.06. The zero-order valence-corrected chi connectivity index (χ0v) is 8.15. The maximum Gasteiger partial charge on any atom is 0.121 e. The number of rotatable bonds is 1. The summed E-state index contributed by atoms with van der Waals surface area (Å²) >= 11 is 1.91. The monoisotopic (exact) mass is 182 g/mol. The largest absolute Gasteiger partial charge is 0.339 e. The van der Waals surface area contributed by atoms with Crippen molar-refractivity contribution in [1.82, 2.24) is 0 Å². The summed E-state index contributed by atoms with van der Waals surface area (Å²) in [6, 6.07) is 5.21. The summed E-state index contributed by atoms with van der Waals surface area (Å²) in [4.78, 5) is 1.57. The van der Waals surface area contributed by atoms with Gasteiger partial charge in [0.1, 0.15) is 6.04 Å². The molecule has 2 heteroatoms. The topological polar surface area (TPSA) is 16.6 Å². The minimum atomic E-state index is 0.771. The van der Waals surface area contributed by atoms with Gasteiger partial charge >= 0.3 is 0 Å². The lowest BCUT2D eigenvalue weighted by molar-refractivity contribution is -0.694. The number of nitrogens with two attached hydrogens (primary N) is 1. The standard InChI is InChI=1S/C10H15NS/c1-2-5-9(11-7-3-1)10-6-4-8-12-10/h4,6,8-9,11H,1-3,5,7H2/p+1/t9-/m1/s1. The van der Waals surface area contributed by atoms with E-state index in [4.69, 9.17) is 0 Å². The van der Waals surface area contributed by atoms with E-state index in [1.54, 1.807) is 4.88 Å². The van der Waals surface area contributed by atoms with Gasteiger partial charge in [-0.1, -0.05) is 6.07 Å². The zero-order valence-electron chi connectivity index (χ0n) is 7.33. The van der Waals surface area contributed by atoms with Crippen molar-refractivity contribution in [2.75, 3.05) is 6.54 Å². The average molecular weight is 182 g/mol. The first kappa shape index (κ1) is 8.27. The van der Waals surface area contributed by atoms with Crippen LogP contribution in [0.15, 0.2) is 17.5 Å². The molecule has 1 fully saturated rings. The molecule has 0 aliphatic carbocycles. The fraction of sp³-hybridized carbons (Fsp3) is 0.600. The Morgan fingerprint density at radius 1 is 1.33 bits per heavy atom. The molecular weight excluding hydrogens is 166 g/mol. The molecule has 0 unspecified atom stereocenters. The lowest BCUT2D eigenvalue weighted by Crippen LogP contribution is -2.84. The summed E-state index contributed by atoms with van der Waals surface area (Å²) in [6.45, 7) is 1.32. The molecular formula is C10H16NS+. The Balaban J connectivity index is 2.02. The van der Waals surface area contributed by atoms with Crippen molar-refractivity contribution in [1.29, 1.82) is 0 Å². The summed E-state index contributed by atoms with van der Waals surface area (Å²) < 4.78 is 0. The van der Waals surface area contributed by atoms with Gasteiger partial charge < -0.3 is 5.32 Å². The lowest BCUT2D eigenvalue weighted by atomic mass is 10.1. The van der Waals surface area contributed by atoms with Crippen LogP contribution < -0.4 is 5.32 Å². The molecule has 1 aliphatic rings. The Kier molecular flexibility index (Phi) is 2.79. The van der Waals surface area contributed by atoms with E-state index in [1.165, 1.54) is 32.2 Å². The summed E-state index contributed by atoms with van der Waals surface area (Å²) in [5, 5.41) is 4.70. The fourth-order valence-corrected chi connectivity index (χ4v) is 2.74. The Labute approximate surface area is 77.8 Å². The van der Waals surface area contributed by atoms with Gasteiger partial charge in [0.15, 0.2) is 0 Å². The van der Waals surface area contributed by atoms with Gasteiger partial charge in [-0.05, 0) is 30.7 Å². The first-order chi connectivity index (χ1) is 5.97. The van der Waals surface area contributed by atoms with E-state index in [0.29, 0.717) is 0 Å². The summed E-state index contributed by atoms with van der Waals surface area (Å²) in [5.41, 5.74) is 0. The lowest BCUT2D eigenvalue weighted by Gasteiger charge is -2.09. The molecule has 1 saturated heterocycles. The predicted octanol–water partition coefficient (Wildman–Crippen LogP) is 1.93. The molecule has 66 valence electrons. The van der Waals surface area contributed by atoms with Gasteiger partial charge in [-0.2, -0.15) is 0 Å². The van der Waals surface area contributed by atoms with Crippen LogP contribution in [-0.4, -0.2) is 6.54 Å². The molecule has 1 atom stereocenters. The van der Waals surface area contributed by atoms with Crippen LogP contribution in [0.2, 0.25) is 0 Å². The number of hydrogen-bond donors (Lipinski definition) is 1. The van der Waals surface area contributed by atoms with Gasteiger partial charge in [0, 0.05) is 6.42 Å². The van der Waals surface area contributed by atoms with Gasteiger partial charge in [0.2, 0.25) is 0 Å². The Hall–Kier alpha value is -0.340. The summed E-state index contributed by atoms with van der Waals surface area (Å²) in [5.74, 6) is 0. The molecule has 1 nitrogen and oxygen atoms in total. The van der Waals surface area contributed by atoms with Gasteiger partial charge in [-0.25, -0.2) is 0 Å². The molecule has 0 bridgehead atoms. The number of quaternary nitrogens is 1. The average Bonchev–Trinajstić information content (AvgIpc) is 2.48. The first-order valence-corrected chi connectivity index (χ1v) is 5.71. The molecule has 2 N–H and O–H groups in total. The van der Waals surface area contributed by atoms with Crippen molar-refractivity contribution in [3.05, 3.63) is 22.4 Å². The SMILES string of the molecule is c1csc([C@H]2CCCCC[NH2+]2)c1. The van der Waals surface area contributed by atoms with Crippen LogP contribution in [0.3, 0.4) is 0 Å². The van der Waals surface area contributed by atoms with Gasteiger partial charge in [-0.15, -0.1) is 11.3 Å². The van der Waals surface area contributed by atoms with Crippen molar-refractivity contribution in [3.8, 4) is 0 Å². The van der Waals surface area contributed by atoms with Crippen LogP contribution in [0, 0.1) is 0 Å². The van der Waals surface area contributed by atoms with E-state index in [0.717, 1.165) is 6.04 Å². The van der Waals surface area contributed by atoms with E-state index in [9.17, 15) is 0 Å². The quantitative estimate of drug-likeness (QED) is 0.683. The van der Waals surface area contributed by atoms with Crippen LogP contribution in [0.4, 0.5) is 0 Å². The van der Waals surface area contributed by atoms with Crippen molar-refractivity contribution < 1.29 is 5.32 Å². The maximum absolute atomic E-state index is 2.51. The highest BCUT2D eigenvalue weighted by atomic mass is 32.1. The molecule has 1 aliphatic heterocycles. The molecule has 0 aromatic carbocycles. The minimum absolute atomic E-state index is 0.771. The van der Waals surface area contributed by atoms with Crippen LogP contribution in [0.25, 0.3) is 0 Å². The van der Waals surface area contributed by atoms with Crippen molar-refractivity contribution in [2.24, 2.45) is 0 Å². The Bertz CT molecular complexity index is 210. The summed E-state index contributed by atoms with van der Waals surface area (Å²) in [6.07, 6.45) is 5.62. The molecule has 1 aromatic rings. The molecule has 0 amide bonds. The molecule has 2 rings (SSSR count). The third-order valence-electron chi connectivity index (χ3n) is 2.58. The molecule has 0 saturated carbocycles. The molecule has 1 aromatic heterocycles. The van der Waals surface area contributed by atoms with E-state index in [1.807, 2.05) is 11.3 Å². The molecule has 0 spiro atoms. The Morgan fingerprint density at radius 2 is 2.33 bits per heavy atom. The highest BCUT2D eigenvalue weighted by molar-refractivity contribution is 7.10. The van der Waals surface area contributed by atoms with E-state index in [-0.39, 0.29) is 0 Å². The second-order valence-corrected chi connectivity index (χ2v) is 4.47. The Morgan fingerprint density at radius 3 is 3.17 bits per heavy atom. The van der Waals surface area contributed by atoms with Crippen molar-refractivity contribution in [3.63, 3.8) is 0 Å². The highest BCUT2D eigenvalue weighted by Crippen LogP contribution is 2.21. The summed E-state index contributed by atoms with van der Waals surface area (Å²) in [7, 11) is 0. The van der Waals surface area contributed by atoms with Gasteiger partial charge in [-0.3, -0.25) is 0 Å². The van der Waals surface area contributed by atoms with Crippen LogP contribution >= 0.6 is 11.3 Å². The van der Waals surface area contributed by atoms with Gasteiger partial charge in [0.25, 0.3) is 0 Å². The van der Waals surface area contributed by atoms with Crippen LogP contribution in [0.1, 0.15) is 36.6 Å². The fourth-order valence-electron chi connectivity index (χ4n) is 1.88.